The fourth-order valence-electron chi connectivity index (χ4n) is 1.24. The van der Waals surface area contributed by atoms with Crippen molar-refractivity contribution in [1.29, 1.82) is 0 Å². The Morgan fingerprint density at radius 2 is 2.09 bits per heavy atom. The van der Waals surface area contributed by atoms with Gasteiger partial charge in [0.15, 0.2) is 5.75 Å². The maximum atomic E-state index is 11.0. The lowest BCUT2D eigenvalue weighted by atomic mass is 10.1. The van der Waals surface area contributed by atoms with Crippen LogP contribution in [0.5, 0.6) is 5.75 Å². The van der Waals surface area contributed by atoms with E-state index in [1.807, 2.05) is 6.07 Å². The Kier molecular flexibility index (Phi) is 1.53. The summed E-state index contributed by atoms with van der Waals surface area (Å²) in [5, 5.41) is 11.5. The van der Waals surface area contributed by atoms with Crippen LogP contribution in [0.25, 0.3) is 0 Å². The van der Waals surface area contributed by atoms with Crippen LogP contribution < -0.4 is 0 Å². The molecule has 1 radical (unpaired) electrons. The van der Waals surface area contributed by atoms with Crippen LogP contribution in [-0.2, 0) is 5.11 Å². The van der Waals surface area contributed by atoms with Gasteiger partial charge in [-0.15, -0.1) is 0 Å². The molecule has 2 heteroatoms. The zero-order valence-corrected chi connectivity index (χ0v) is 6.77. The van der Waals surface area contributed by atoms with E-state index in [-0.39, 0.29) is 5.75 Å². The second-order valence-corrected chi connectivity index (χ2v) is 3.31. The summed E-state index contributed by atoms with van der Waals surface area (Å²) in [6.45, 7) is 0. The summed E-state index contributed by atoms with van der Waals surface area (Å²) in [6, 6.07) is 5.23. The SMILES string of the molecule is [O]c1cccc(C2CC2)c1Cl. The molecule has 0 saturated heterocycles. The monoisotopic (exact) mass is 167 g/mol. The van der Waals surface area contributed by atoms with Crippen molar-refractivity contribution in [2.24, 2.45) is 0 Å². The molecule has 0 aliphatic heterocycles. The minimum absolute atomic E-state index is 0.0453. The Hall–Kier alpha value is -0.690. The van der Waals surface area contributed by atoms with Gasteiger partial charge in [-0.05, 0) is 30.4 Å². The molecule has 11 heavy (non-hydrogen) atoms. The van der Waals surface area contributed by atoms with Crippen LogP contribution in [0.3, 0.4) is 0 Å². The predicted octanol–water partition coefficient (Wildman–Crippen LogP) is 3.36. The molecule has 1 saturated carbocycles. The largest absolute Gasteiger partial charge is 0.288 e. The van der Waals surface area contributed by atoms with Crippen molar-refractivity contribution in [1.82, 2.24) is 0 Å². The normalized spacial score (nSPS) is 16.8. The molecule has 0 aromatic heterocycles. The van der Waals surface area contributed by atoms with E-state index in [0.29, 0.717) is 10.9 Å². The highest BCUT2D eigenvalue weighted by Crippen LogP contribution is 2.45. The van der Waals surface area contributed by atoms with Gasteiger partial charge >= 0.3 is 0 Å². The van der Waals surface area contributed by atoms with Gasteiger partial charge in [-0.25, -0.2) is 0 Å². The maximum Gasteiger partial charge on any atom is 0.197 e. The standard InChI is InChI=1S/C9H8ClO/c10-9-7(6-4-5-6)2-1-3-8(9)11/h1-3,6H,4-5H2. The molecular formula is C9H8ClO. The summed E-state index contributed by atoms with van der Waals surface area (Å²) in [5.74, 6) is 0.521. The number of halogens is 1. The molecule has 1 nitrogen and oxygen atoms in total. The van der Waals surface area contributed by atoms with Gasteiger partial charge in [-0.1, -0.05) is 23.7 Å². The van der Waals surface area contributed by atoms with Gasteiger partial charge in [0.25, 0.3) is 0 Å². The smallest absolute Gasteiger partial charge is 0.197 e. The molecule has 0 bridgehead atoms. The van der Waals surface area contributed by atoms with Crippen molar-refractivity contribution in [2.45, 2.75) is 18.8 Å². The van der Waals surface area contributed by atoms with Crippen LogP contribution in [-0.4, -0.2) is 0 Å². The summed E-state index contributed by atoms with van der Waals surface area (Å²) in [5.41, 5.74) is 1.04. The molecule has 0 atom stereocenters. The second-order valence-electron chi connectivity index (χ2n) is 2.93. The van der Waals surface area contributed by atoms with E-state index >= 15 is 0 Å². The summed E-state index contributed by atoms with van der Waals surface area (Å²) in [6.07, 6.45) is 2.37. The van der Waals surface area contributed by atoms with Crippen LogP contribution in [0.15, 0.2) is 18.2 Å². The first-order valence-corrected chi connectivity index (χ1v) is 4.12. The van der Waals surface area contributed by atoms with Crippen LogP contribution in [0.1, 0.15) is 24.3 Å². The Morgan fingerprint density at radius 3 is 2.73 bits per heavy atom. The molecule has 57 valence electrons. The highest BCUT2D eigenvalue weighted by Gasteiger charge is 2.26. The molecule has 2 rings (SSSR count). The van der Waals surface area contributed by atoms with Crippen molar-refractivity contribution < 1.29 is 5.11 Å². The quantitative estimate of drug-likeness (QED) is 0.611. The molecule has 1 aliphatic rings. The average molecular weight is 168 g/mol. The van der Waals surface area contributed by atoms with Crippen molar-refractivity contribution in [3.8, 4) is 5.75 Å². The third-order valence-corrected chi connectivity index (χ3v) is 2.41. The third kappa shape index (κ3) is 1.21. The molecule has 1 aromatic carbocycles. The van der Waals surface area contributed by atoms with E-state index in [0.717, 1.165) is 5.56 Å². The maximum absolute atomic E-state index is 11.0. The zero-order valence-electron chi connectivity index (χ0n) is 6.01. The highest BCUT2D eigenvalue weighted by molar-refractivity contribution is 6.32. The van der Waals surface area contributed by atoms with E-state index in [1.54, 1.807) is 6.07 Å². The van der Waals surface area contributed by atoms with Crippen LogP contribution in [0, 0.1) is 0 Å². The van der Waals surface area contributed by atoms with Gasteiger partial charge < -0.3 is 0 Å². The number of rotatable bonds is 1. The number of hydrogen-bond acceptors (Lipinski definition) is 0. The van der Waals surface area contributed by atoms with Gasteiger partial charge in [-0.3, -0.25) is 5.11 Å². The molecule has 1 fully saturated rings. The Labute approximate surface area is 70.6 Å². The Bertz CT molecular complexity index is 279. The lowest BCUT2D eigenvalue weighted by Crippen LogP contribution is -1.79. The van der Waals surface area contributed by atoms with Crippen molar-refractivity contribution in [3.05, 3.63) is 28.8 Å². The summed E-state index contributed by atoms with van der Waals surface area (Å²) < 4.78 is 0. The van der Waals surface area contributed by atoms with Gasteiger partial charge in [0.05, 0.1) is 5.02 Å². The molecular weight excluding hydrogens is 160 g/mol. The van der Waals surface area contributed by atoms with Gasteiger partial charge in [0.1, 0.15) is 0 Å². The summed E-state index contributed by atoms with van der Waals surface area (Å²) in [4.78, 5) is 0. The molecule has 1 aliphatic carbocycles. The van der Waals surface area contributed by atoms with E-state index in [2.05, 4.69) is 0 Å². The van der Waals surface area contributed by atoms with E-state index in [1.165, 1.54) is 18.9 Å². The molecule has 0 unspecified atom stereocenters. The minimum atomic E-state index is -0.0453. The molecule has 0 N–H and O–H groups in total. The van der Waals surface area contributed by atoms with Gasteiger partial charge in [0.2, 0.25) is 0 Å². The molecule has 0 spiro atoms. The first kappa shape index (κ1) is 6.99. The summed E-state index contributed by atoms with van der Waals surface area (Å²) >= 11 is 5.82. The van der Waals surface area contributed by atoms with Crippen molar-refractivity contribution >= 4 is 11.6 Å². The molecule has 0 heterocycles. The van der Waals surface area contributed by atoms with Crippen LogP contribution in [0.2, 0.25) is 5.02 Å². The van der Waals surface area contributed by atoms with E-state index < -0.39 is 0 Å². The molecule has 1 aromatic rings. The van der Waals surface area contributed by atoms with Crippen molar-refractivity contribution in [2.75, 3.05) is 0 Å². The first-order valence-electron chi connectivity index (χ1n) is 3.74. The zero-order chi connectivity index (χ0) is 7.84. The van der Waals surface area contributed by atoms with E-state index in [9.17, 15) is 5.11 Å². The molecule has 0 amide bonds. The minimum Gasteiger partial charge on any atom is -0.288 e. The first-order chi connectivity index (χ1) is 5.29. The fourth-order valence-corrected chi connectivity index (χ4v) is 1.52. The van der Waals surface area contributed by atoms with Crippen LogP contribution >= 0.6 is 11.6 Å². The number of benzene rings is 1. The van der Waals surface area contributed by atoms with Gasteiger partial charge in [-0.2, -0.15) is 0 Å². The second kappa shape index (κ2) is 2.42. The van der Waals surface area contributed by atoms with Crippen LogP contribution in [0.4, 0.5) is 0 Å². The number of hydrogen-bond donors (Lipinski definition) is 0. The predicted molar refractivity (Wildman–Crippen MR) is 43.6 cm³/mol. The Balaban J connectivity index is 2.45. The highest BCUT2D eigenvalue weighted by atomic mass is 35.5. The van der Waals surface area contributed by atoms with E-state index in [4.69, 9.17) is 11.6 Å². The van der Waals surface area contributed by atoms with Gasteiger partial charge in [0, 0.05) is 0 Å². The van der Waals surface area contributed by atoms with Crippen molar-refractivity contribution in [3.63, 3.8) is 0 Å². The average Bonchev–Trinajstić information content (AvgIpc) is 2.77. The lowest BCUT2D eigenvalue weighted by Gasteiger charge is -2.00. The topological polar surface area (TPSA) is 19.9 Å². The Morgan fingerprint density at radius 1 is 1.36 bits per heavy atom. The fraction of sp³-hybridized carbons (Fsp3) is 0.333. The third-order valence-electron chi connectivity index (χ3n) is 2.01. The lowest BCUT2D eigenvalue weighted by molar-refractivity contribution is 0.354. The summed E-state index contributed by atoms with van der Waals surface area (Å²) in [7, 11) is 0.